The summed E-state index contributed by atoms with van der Waals surface area (Å²) in [5.41, 5.74) is 0. The third kappa shape index (κ3) is 6.45. The van der Waals surface area contributed by atoms with Gasteiger partial charge >= 0.3 is 0 Å². The van der Waals surface area contributed by atoms with E-state index in [9.17, 15) is 0 Å². The normalized spacial score (nSPS) is 27.0. The molecule has 1 heteroatoms. The van der Waals surface area contributed by atoms with Gasteiger partial charge in [-0.2, -0.15) is 0 Å². The molecule has 1 aliphatic carbocycles. The lowest BCUT2D eigenvalue weighted by Crippen LogP contribution is -2.15. The highest BCUT2D eigenvalue weighted by Gasteiger charge is 2.20. The summed E-state index contributed by atoms with van der Waals surface area (Å²) >= 11 is 0. The van der Waals surface area contributed by atoms with Gasteiger partial charge in [0.25, 0.3) is 0 Å². The molecule has 0 radical (unpaired) electrons. The van der Waals surface area contributed by atoms with Crippen molar-refractivity contribution in [3.8, 4) is 0 Å². The Bertz CT molecular complexity index is 170. The van der Waals surface area contributed by atoms with Crippen LogP contribution < -0.4 is 0 Å². The van der Waals surface area contributed by atoms with Crippen molar-refractivity contribution in [3.05, 3.63) is 0 Å². The maximum Gasteiger partial charge on any atom is 0.0433 e. The van der Waals surface area contributed by atoms with Crippen molar-refractivity contribution in [1.82, 2.24) is 0 Å². The highest BCUT2D eigenvalue weighted by molar-refractivity contribution is 4.72. The van der Waals surface area contributed by atoms with Crippen molar-refractivity contribution in [2.75, 3.05) is 6.61 Å². The Balaban J connectivity index is 2.02. The number of aliphatic hydroxyl groups is 1. The summed E-state index contributed by atoms with van der Waals surface area (Å²) in [6.07, 6.45) is 13.7. The first-order valence-electron chi connectivity index (χ1n) is 7.87. The third-order valence-electron chi connectivity index (χ3n) is 4.59. The summed E-state index contributed by atoms with van der Waals surface area (Å²) in [6, 6.07) is 0. The van der Waals surface area contributed by atoms with E-state index in [-0.39, 0.29) is 0 Å². The molecule has 1 fully saturated rings. The van der Waals surface area contributed by atoms with Gasteiger partial charge in [0.05, 0.1) is 0 Å². The summed E-state index contributed by atoms with van der Waals surface area (Å²) in [7, 11) is 0. The van der Waals surface area contributed by atoms with Gasteiger partial charge in [-0.3, -0.25) is 0 Å². The minimum absolute atomic E-state index is 0.393. The Labute approximate surface area is 108 Å². The van der Waals surface area contributed by atoms with Crippen LogP contribution in [0.1, 0.15) is 78.1 Å². The van der Waals surface area contributed by atoms with Gasteiger partial charge < -0.3 is 5.11 Å². The molecular formula is C16H32O. The third-order valence-corrected chi connectivity index (χ3v) is 4.59. The lowest BCUT2D eigenvalue weighted by molar-refractivity contribution is 0.199. The summed E-state index contributed by atoms with van der Waals surface area (Å²) < 4.78 is 0. The number of aliphatic hydroxyl groups excluding tert-OH is 1. The molecule has 1 N–H and O–H groups in total. The van der Waals surface area contributed by atoms with Crippen molar-refractivity contribution < 1.29 is 5.11 Å². The zero-order valence-corrected chi connectivity index (χ0v) is 12.0. The second kappa shape index (κ2) is 8.97. The van der Waals surface area contributed by atoms with E-state index < -0.39 is 0 Å². The highest BCUT2D eigenvalue weighted by atomic mass is 16.3. The standard InChI is InChI=1S/C16H32O/c1-3-5-14(2)6-4-7-15-8-10-16(11-9-15)12-13-17/h14-17H,3-13H2,1-2H3. The van der Waals surface area contributed by atoms with Crippen LogP contribution in [0.3, 0.4) is 0 Å². The first-order chi connectivity index (χ1) is 8.26. The first-order valence-corrected chi connectivity index (χ1v) is 7.87. The highest BCUT2D eigenvalue weighted by Crippen LogP contribution is 2.33. The fourth-order valence-corrected chi connectivity index (χ4v) is 3.38. The van der Waals surface area contributed by atoms with Gasteiger partial charge in [-0.05, 0) is 24.2 Å². The average Bonchev–Trinajstić information content (AvgIpc) is 2.32. The summed E-state index contributed by atoms with van der Waals surface area (Å²) in [4.78, 5) is 0. The van der Waals surface area contributed by atoms with Gasteiger partial charge in [-0.1, -0.05) is 71.6 Å². The van der Waals surface area contributed by atoms with Crippen LogP contribution in [0.15, 0.2) is 0 Å². The fraction of sp³-hybridized carbons (Fsp3) is 1.00. The van der Waals surface area contributed by atoms with Crippen LogP contribution in [0.2, 0.25) is 0 Å². The van der Waals surface area contributed by atoms with Crippen LogP contribution in [0.4, 0.5) is 0 Å². The van der Waals surface area contributed by atoms with Crippen LogP contribution in [-0.2, 0) is 0 Å². The average molecular weight is 240 g/mol. The predicted molar refractivity (Wildman–Crippen MR) is 75.1 cm³/mol. The molecule has 102 valence electrons. The van der Waals surface area contributed by atoms with Gasteiger partial charge in [0.2, 0.25) is 0 Å². The molecule has 0 heterocycles. The van der Waals surface area contributed by atoms with Gasteiger partial charge in [0, 0.05) is 6.61 Å². The first kappa shape index (κ1) is 15.0. The van der Waals surface area contributed by atoms with Gasteiger partial charge in [-0.15, -0.1) is 0 Å². The number of hydrogen-bond acceptors (Lipinski definition) is 1. The Morgan fingerprint density at radius 2 is 1.59 bits per heavy atom. The quantitative estimate of drug-likeness (QED) is 0.647. The molecule has 0 aromatic carbocycles. The molecule has 0 amide bonds. The zero-order valence-electron chi connectivity index (χ0n) is 12.0. The molecule has 1 nitrogen and oxygen atoms in total. The Hall–Kier alpha value is -0.0400. The van der Waals surface area contributed by atoms with Gasteiger partial charge in [-0.25, -0.2) is 0 Å². The monoisotopic (exact) mass is 240 g/mol. The van der Waals surface area contributed by atoms with E-state index in [1.807, 2.05) is 0 Å². The van der Waals surface area contributed by atoms with E-state index in [2.05, 4.69) is 13.8 Å². The maximum atomic E-state index is 8.94. The van der Waals surface area contributed by atoms with E-state index in [1.165, 1.54) is 57.8 Å². The molecule has 1 saturated carbocycles. The van der Waals surface area contributed by atoms with E-state index in [0.717, 1.165) is 24.2 Å². The molecule has 1 aliphatic rings. The molecule has 0 aromatic rings. The molecule has 0 aliphatic heterocycles. The van der Waals surface area contributed by atoms with Crippen molar-refractivity contribution in [1.29, 1.82) is 0 Å². The topological polar surface area (TPSA) is 20.2 Å². The molecule has 1 rings (SSSR count). The van der Waals surface area contributed by atoms with E-state index in [0.29, 0.717) is 6.61 Å². The fourth-order valence-electron chi connectivity index (χ4n) is 3.38. The lowest BCUT2D eigenvalue weighted by atomic mass is 9.78. The second-order valence-corrected chi connectivity index (χ2v) is 6.22. The Morgan fingerprint density at radius 3 is 2.12 bits per heavy atom. The van der Waals surface area contributed by atoms with Crippen molar-refractivity contribution in [2.45, 2.75) is 78.1 Å². The van der Waals surface area contributed by atoms with Crippen LogP contribution in [0, 0.1) is 17.8 Å². The second-order valence-electron chi connectivity index (χ2n) is 6.22. The number of rotatable bonds is 8. The van der Waals surface area contributed by atoms with E-state index in [1.54, 1.807) is 0 Å². The molecule has 0 spiro atoms. The molecule has 0 aromatic heterocycles. The SMILES string of the molecule is CCCC(C)CCCC1CCC(CCO)CC1. The molecule has 17 heavy (non-hydrogen) atoms. The number of hydrogen-bond donors (Lipinski definition) is 1. The summed E-state index contributed by atoms with van der Waals surface area (Å²) in [5.74, 6) is 2.76. The largest absolute Gasteiger partial charge is 0.396 e. The molecule has 1 unspecified atom stereocenters. The Morgan fingerprint density at radius 1 is 1.00 bits per heavy atom. The smallest absolute Gasteiger partial charge is 0.0433 e. The van der Waals surface area contributed by atoms with Crippen LogP contribution in [0.25, 0.3) is 0 Å². The molecule has 0 saturated heterocycles. The minimum atomic E-state index is 0.393. The van der Waals surface area contributed by atoms with Crippen LogP contribution in [-0.4, -0.2) is 11.7 Å². The predicted octanol–water partition coefficient (Wildman–Crippen LogP) is 4.78. The van der Waals surface area contributed by atoms with E-state index in [4.69, 9.17) is 5.11 Å². The summed E-state index contributed by atoms with van der Waals surface area (Å²) in [5, 5.41) is 8.94. The lowest BCUT2D eigenvalue weighted by Gasteiger charge is -2.28. The van der Waals surface area contributed by atoms with Crippen molar-refractivity contribution in [2.24, 2.45) is 17.8 Å². The zero-order chi connectivity index (χ0) is 12.5. The van der Waals surface area contributed by atoms with Gasteiger partial charge in [0.15, 0.2) is 0 Å². The van der Waals surface area contributed by atoms with Crippen molar-refractivity contribution in [3.63, 3.8) is 0 Å². The van der Waals surface area contributed by atoms with E-state index >= 15 is 0 Å². The van der Waals surface area contributed by atoms with Crippen LogP contribution in [0.5, 0.6) is 0 Å². The molecule has 0 bridgehead atoms. The van der Waals surface area contributed by atoms with Gasteiger partial charge in [0.1, 0.15) is 0 Å². The van der Waals surface area contributed by atoms with Crippen LogP contribution >= 0.6 is 0 Å². The molecule has 1 atom stereocenters. The Kier molecular flexibility index (Phi) is 7.92. The molecular weight excluding hydrogens is 208 g/mol. The van der Waals surface area contributed by atoms with Crippen molar-refractivity contribution >= 4 is 0 Å². The minimum Gasteiger partial charge on any atom is -0.396 e. The maximum absolute atomic E-state index is 8.94. The summed E-state index contributed by atoms with van der Waals surface area (Å²) in [6.45, 7) is 5.09.